The van der Waals surface area contributed by atoms with Crippen LogP contribution >= 0.6 is 0 Å². The number of epoxide rings is 1. The number of hydrogen-bond acceptors (Lipinski definition) is 3. The Morgan fingerprint density at radius 3 is 2.32 bits per heavy atom. The fraction of sp³-hybridized carbons (Fsp3) is 0.458. The zero-order valence-corrected chi connectivity index (χ0v) is 17.0. The predicted octanol–water partition coefficient (Wildman–Crippen LogP) is 5.69. The van der Waals surface area contributed by atoms with Crippen LogP contribution in [0.5, 0.6) is 0 Å². The summed E-state index contributed by atoms with van der Waals surface area (Å²) >= 11 is 0. The molecule has 5 atom stereocenters. The molecule has 1 amide bonds. The Balaban J connectivity index is 1.37. The Morgan fingerprint density at radius 2 is 1.64 bits per heavy atom. The van der Waals surface area contributed by atoms with Gasteiger partial charge in [-0.2, -0.15) is 0 Å². The lowest BCUT2D eigenvalue weighted by atomic mass is 9.86. The Bertz CT molecular complexity index is 734. The molecule has 1 N–H and O–H groups in total. The smallest absolute Gasteiger partial charge is 0.411 e. The van der Waals surface area contributed by atoms with Crippen molar-refractivity contribution >= 4 is 11.8 Å². The molecule has 4 heteroatoms. The minimum Gasteiger partial charge on any atom is -0.443 e. The lowest BCUT2D eigenvalue weighted by Gasteiger charge is -2.19. The van der Waals surface area contributed by atoms with Crippen LogP contribution in [0.15, 0.2) is 60.7 Å². The van der Waals surface area contributed by atoms with Gasteiger partial charge in [0.15, 0.2) is 0 Å². The summed E-state index contributed by atoms with van der Waals surface area (Å²) in [7, 11) is 0. The fourth-order valence-corrected chi connectivity index (χ4v) is 3.70. The van der Waals surface area contributed by atoms with Gasteiger partial charge in [0.05, 0.1) is 6.10 Å². The molecule has 0 radical (unpaired) electrons. The highest BCUT2D eigenvalue weighted by Gasteiger charge is 2.49. The van der Waals surface area contributed by atoms with E-state index in [9.17, 15) is 4.79 Å². The summed E-state index contributed by atoms with van der Waals surface area (Å²) < 4.78 is 11.4. The lowest BCUT2D eigenvalue weighted by Crippen LogP contribution is -2.27. The van der Waals surface area contributed by atoms with Crippen LogP contribution in [0.25, 0.3) is 0 Å². The Hall–Kier alpha value is -2.33. The lowest BCUT2D eigenvalue weighted by molar-refractivity contribution is 0.101. The number of rotatable bonds is 9. The van der Waals surface area contributed by atoms with Crippen LogP contribution < -0.4 is 5.32 Å². The van der Waals surface area contributed by atoms with Crippen LogP contribution in [0.2, 0.25) is 0 Å². The van der Waals surface area contributed by atoms with Crippen LogP contribution in [0.4, 0.5) is 10.5 Å². The molecular weight excluding hydrogens is 350 g/mol. The summed E-state index contributed by atoms with van der Waals surface area (Å²) in [4.78, 5) is 12.1. The third kappa shape index (κ3) is 5.83. The number of ether oxygens (including phenoxy) is 2. The number of nitrogens with one attached hydrogen (secondary N) is 1. The third-order valence-corrected chi connectivity index (χ3v) is 5.72. The highest BCUT2D eigenvalue weighted by Crippen LogP contribution is 2.38. The molecule has 0 bridgehead atoms. The molecule has 3 rings (SSSR count). The second kappa shape index (κ2) is 9.74. The number of para-hydroxylation sites is 1. The summed E-state index contributed by atoms with van der Waals surface area (Å²) in [6.07, 6.45) is 2.94. The van der Waals surface area contributed by atoms with Crippen molar-refractivity contribution < 1.29 is 14.3 Å². The number of hydrogen-bond donors (Lipinski definition) is 1. The maximum atomic E-state index is 12.1. The van der Waals surface area contributed by atoms with Crippen molar-refractivity contribution in [1.29, 1.82) is 0 Å². The minimum atomic E-state index is -0.434. The van der Waals surface area contributed by atoms with Gasteiger partial charge in [-0.05, 0) is 49.3 Å². The molecule has 2 aromatic carbocycles. The van der Waals surface area contributed by atoms with Crippen LogP contribution in [0, 0.1) is 11.8 Å². The van der Waals surface area contributed by atoms with Gasteiger partial charge in [-0.15, -0.1) is 0 Å². The monoisotopic (exact) mass is 381 g/mol. The maximum Gasteiger partial charge on any atom is 0.411 e. The first-order valence-corrected chi connectivity index (χ1v) is 10.3. The zero-order valence-electron chi connectivity index (χ0n) is 17.0. The van der Waals surface area contributed by atoms with Crippen molar-refractivity contribution in [1.82, 2.24) is 0 Å². The van der Waals surface area contributed by atoms with Crippen molar-refractivity contribution in [3.63, 3.8) is 0 Å². The third-order valence-electron chi connectivity index (χ3n) is 5.72. The molecule has 0 spiro atoms. The molecule has 1 aliphatic rings. The quantitative estimate of drug-likeness (QED) is 0.568. The van der Waals surface area contributed by atoms with Gasteiger partial charge >= 0.3 is 6.09 Å². The van der Waals surface area contributed by atoms with E-state index in [-0.39, 0.29) is 18.3 Å². The van der Waals surface area contributed by atoms with E-state index in [0.717, 1.165) is 12.1 Å². The topological polar surface area (TPSA) is 50.9 Å². The van der Waals surface area contributed by atoms with Crippen molar-refractivity contribution in [2.45, 2.75) is 58.3 Å². The summed E-state index contributed by atoms with van der Waals surface area (Å²) in [5.74, 6) is 1.02. The normalized spacial score (nSPS) is 21.4. The number of carbonyl (C=O) groups excluding carboxylic acids is 1. The van der Waals surface area contributed by atoms with Gasteiger partial charge in [0.25, 0.3) is 0 Å². The van der Waals surface area contributed by atoms with Crippen LogP contribution in [0.3, 0.4) is 0 Å². The fourth-order valence-electron chi connectivity index (χ4n) is 3.70. The van der Waals surface area contributed by atoms with Crippen LogP contribution in [-0.2, 0) is 15.9 Å². The van der Waals surface area contributed by atoms with Crippen molar-refractivity contribution in [3.05, 3.63) is 66.2 Å². The second-order valence-electron chi connectivity index (χ2n) is 7.88. The first kappa shape index (κ1) is 20.4. The van der Waals surface area contributed by atoms with E-state index < -0.39 is 6.09 Å². The van der Waals surface area contributed by atoms with E-state index in [0.29, 0.717) is 11.8 Å². The molecular formula is C24H31NO3. The average molecular weight is 382 g/mol. The first-order chi connectivity index (χ1) is 13.5. The Morgan fingerprint density at radius 1 is 1.00 bits per heavy atom. The van der Waals surface area contributed by atoms with Gasteiger partial charge in [0.2, 0.25) is 0 Å². The van der Waals surface area contributed by atoms with E-state index in [1.807, 2.05) is 37.3 Å². The SMILES string of the molecule is CC(CCCc1ccccc1)C(C)C1OC1C(C)OC(=O)Nc1ccccc1. The molecule has 0 aromatic heterocycles. The molecule has 1 saturated heterocycles. The van der Waals surface area contributed by atoms with Crippen molar-refractivity contribution in [2.75, 3.05) is 5.32 Å². The molecule has 1 fully saturated rings. The highest BCUT2D eigenvalue weighted by molar-refractivity contribution is 5.84. The van der Waals surface area contributed by atoms with E-state index in [4.69, 9.17) is 9.47 Å². The zero-order chi connectivity index (χ0) is 19.9. The van der Waals surface area contributed by atoms with Gasteiger partial charge in [0, 0.05) is 5.69 Å². The van der Waals surface area contributed by atoms with E-state index in [2.05, 4.69) is 49.5 Å². The molecule has 150 valence electrons. The summed E-state index contributed by atoms with van der Waals surface area (Å²) in [6, 6.07) is 20.0. The largest absolute Gasteiger partial charge is 0.443 e. The second-order valence-corrected chi connectivity index (χ2v) is 7.88. The number of anilines is 1. The van der Waals surface area contributed by atoms with Crippen molar-refractivity contribution in [2.24, 2.45) is 11.8 Å². The Labute approximate surface area is 168 Å². The van der Waals surface area contributed by atoms with E-state index in [1.54, 1.807) is 0 Å². The summed E-state index contributed by atoms with van der Waals surface area (Å²) in [5, 5.41) is 2.75. The first-order valence-electron chi connectivity index (χ1n) is 10.3. The predicted molar refractivity (Wildman–Crippen MR) is 112 cm³/mol. The molecule has 1 aliphatic heterocycles. The number of aryl methyl sites for hydroxylation is 1. The summed E-state index contributed by atoms with van der Waals surface area (Å²) in [6.45, 7) is 6.44. The Kier molecular flexibility index (Phi) is 7.10. The average Bonchev–Trinajstić information content (AvgIpc) is 3.50. The highest BCUT2D eigenvalue weighted by atomic mass is 16.6. The van der Waals surface area contributed by atoms with Gasteiger partial charge in [-0.1, -0.05) is 68.8 Å². The maximum absolute atomic E-state index is 12.1. The van der Waals surface area contributed by atoms with Gasteiger partial charge < -0.3 is 9.47 Å². The van der Waals surface area contributed by atoms with E-state index >= 15 is 0 Å². The van der Waals surface area contributed by atoms with E-state index in [1.165, 1.54) is 18.4 Å². The molecule has 2 aromatic rings. The molecule has 1 heterocycles. The number of amides is 1. The van der Waals surface area contributed by atoms with Gasteiger partial charge in [0.1, 0.15) is 12.2 Å². The molecule has 4 nitrogen and oxygen atoms in total. The molecule has 0 aliphatic carbocycles. The number of carbonyl (C=O) groups is 1. The van der Waals surface area contributed by atoms with Gasteiger partial charge in [-0.25, -0.2) is 4.79 Å². The summed E-state index contributed by atoms with van der Waals surface area (Å²) in [5.41, 5.74) is 2.13. The standard InChI is InChI=1S/C24H31NO3/c1-17(11-10-14-20-12-6-4-7-13-20)18(2)22-23(28-22)19(3)27-24(26)25-21-15-8-5-9-16-21/h4-9,12-13,15-19,22-23H,10-11,14H2,1-3H3,(H,25,26). The van der Waals surface area contributed by atoms with Crippen LogP contribution in [0.1, 0.15) is 39.2 Å². The minimum absolute atomic E-state index is 0.00639. The van der Waals surface area contributed by atoms with Crippen LogP contribution in [-0.4, -0.2) is 24.4 Å². The molecule has 28 heavy (non-hydrogen) atoms. The molecule has 5 unspecified atom stereocenters. The van der Waals surface area contributed by atoms with Crippen molar-refractivity contribution in [3.8, 4) is 0 Å². The molecule has 0 saturated carbocycles. The van der Waals surface area contributed by atoms with Gasteiger partial charge in [-0.3, -0.25) is 5.32 Å². The number of benzene rings is 2.